The van der Waals surface area contributed by atoms with Gasteiger partial charge in [0.2, 0.25) is 15.9 Å². The van der Waals surface area contributed by atoms with Crippen molar-refractivity contribution in [3.8, 4) is 0 Å². The fourth-order valence-electron chi connectivity index (χ4n) is 2.82. The van der Waals surface area contributed by atoms with E-state index in [-0.39, 0.29) is 23.5 Å². The van der Waals surface area contributed by atoms with Gasteiger partial charge in [-0.1, -0.05) is 19.3 Å². The van der Waals surface area contributed by atoms with Crippen molar-refractivity contribution < 1.29 is 13.2 Å². The summed E-state index contributed by atoms with van der Waals surface area (Å²) >= 11 is 0. The standard InChI is InChI=1S/C12H22N2O3S/c15-12(11-6-7-13-8-11)14-18(16,17)9-10-4-2-1-3-5-10/h10-11,13H,1-9H2,(H,14,15)/t11-/m0/s1. The normalized spacial score (nSPS) is 26.1. The summed E-state index contributed by atoms with van der Waals surface area (Å²) in [5.41, 5.74) is 0. The Kier molecular flexibility index (Phi) is 4.61. The summed E-state index contributed by atoms with van der Waals surface area (Å²) in [6, 6.07) is 0. The lowest BCUT2D eigenvalue weighted by Gasteiger charge is -2.21. The quantitative estimate of drug-likeness (QED) is 0.788. The number of amides is 1. The van der Waals surface area contributed by atoms with Gasteiger partial charge >= 0.3 is 0 Å². The van der Waals surface area contributed by atoms with E-state index in [9.17, 15) is 13.2 Å². The van der Waals surface area contributed by atoms with Crippen molar-refractivity contribution in [3.63, 3.8) is 0 Å². The molecule has 2 aliphatic rings. The second-order valence-electron chi connectivity index (χ2n) is 5.44. The van der Waals surface area contributed by atoms with E-state index >= 15 is 0 Å². The summed E-state index contributed by atoms with van der Waals surface area (Å²) in [6.45, 7) is 1.38. The predicted octanol–water partition coefficient (Wildman–Crippen LogP) is 0.622. The van der Waals surface area contributed by atoms with Crippen molar-refractivity contribution >= 4 is 15.9 Å². The molecular formula is C12H22N2O3S. The molecule has 0 bridgehead atoms. The maximum absolute atomic E-state index is 11.9. The van der Waals surface area contributed by atoms with E-state index in [1.165, 1.54) is 6.42 Å². The molecule has 1 atom stereocenters. The second-order valence-corrected chi connectivity index (χ2v) is 7.21. The Labute approximate surface area is 109 Å². The summed E-state index contributed by atoms with van der Waals surface area (Å²) in [5.74, 6) is -0.188. The molecule has 1 aliphatic heterocycles. The summed E-state index contributed by atoms with van der Waals surface area (Å²) < 4.78 is 26.1. The molecule has 2 fully saturated rings. The summed E-state index contributed by atoms with van der Waals surface area (Å²) in [6.07, 6.45) is 6.10. The van der Waals surface area contributed by atoms with Crippen LogP contribution in [0.15, 0.2) is 0 Å². The van der Waals surface area contributed by atoms with Gasteiger partial charge in [-0.2, -0.15) is 0 Å². The SMILES string of the molecule is O=C(NS(=O)(=O)CC1CCCCC1)[C@H]1CCNC1. The average molecular weight is 274 g/mol. The molecule has 2 rings (SSSR count). The highest BCUT2D eigenvalue weighted by Crippen LogP contribution is 2.24. The third-order valence-electron chi connectivity index (χ3n) is 3.87. The van der Waals surface area contributed by atoms with Gasteiger partial charge in [-0.3, -0.25) is 9.52 Å². The first kappa shape index (κ1) is 13.8. The summed E-state index contributed by atoms with van der Waals surface area (Å²) in [4.78, 5) is 11.8. The highest BCUT2D eigenvalue weighted by molar-refractivity contribution is 7.90. The molecule has 0 spiro atoms. The maximum atomic E-state index is 11.9. The van der Waals surface area contributed by atoms with Crippen molar-refractivity contribution in [1.82, 2.24) is 10.0 Å². The fourth-order valence-corrected chi connectivity index (χ4v) is 4.33. The van der Waals surface area contributed by atoms with Crippen molar-refractivity contribution in [1.29, 1.82) is 0 Å². The highest BCUT2D eigenvalue weighted by Gasteiger charge is 2.28. The zero-order chi connectivity index (χ0) is 13.0. The Hall–Kier alpha value is -0.620. The lowest BCUT2D eigenvalue weighted by Crippen LogP contribution is -2.39. The van der Waals surface area contributed by atoms with Crippen molar-refractivity contribution in [2.75, 3.05) is 18.8 Å². The Morgan fingerprint density at radius 3 is 2.50 bits per heavy atom. The van der Waals surface area contributed by atoms with Crippen molar-refractivity contribution in [2.24, 2.45) is 11.8 Å². The van der Waals surface area contributed by atoms with Crippen LogP contribution in [0.2, 0.25) is 0 Å². The van der Waals surface area contributed by atoms with E-state index < -0.39 is 10.0 Å². The molecule has 0 aromatic carbocycles. The van der Waals surface area contributed by atoms with Gasteiger partial charge in [-0.15, -0.1) is 0 Å². The molecule has 1 saturated carbocycles. The molecule has 1 aliphatic carbocycles. The Morgan fingerprint density at radius 1 is 1.17 bits per heavy atom. The van der Waals surface area contributed by atoms with Gasteiger partial charge in [0, 0.05) is 6.54 Å². The first-order valence-corrected chi connectivity index (χ1v) is 8.47. The molecule has 0 aromatic rings. The molecule has 6 heteroatoms. The molecule has 2 N–H and O–H groups in total. The monoisotopic (exact) mass is 274 g/mol. The average Bonchev–Trinajstić information content (AvgIpc) is 2.82. The number of hydrogen-bond acceptors (Lipinski definition) is 4. The zero-order valence-corrected chi connectivity index (χ0v) is 11.5. The number of hydrogen-bond donors (Lipinski definition) is 2. The summed E-state index contributed by atoms with van der Waals surface area (Å²) in [5, 5.41) is 3.06. The molecule has 0 radical (unpaired) electrons. The van der Waals surface area contributed by atoms with Crippen LogP contribution in [0.25, 0.3) is 0 Å². The summed E-state index contributed by atoms with van der Waals surface area (Å²) in [7, 11) is -3.45. The molecule has 1 amide bonds. The van der Waals surface area contributed by atoms with Gasteiger partial charge in [0.05, 0.1) is 11.7 Å². The van der Waals surface area contributed by atoms with Crippen LogP contribution >= 0.6 is 0 Å². The molecule has 18 heavy (non-hydrogen) atoms. The third kappa shape index (κ3) is 3.95. The molecule has 1 heterocycles. The predicted molar refractivity (Wildman–Crippen MR) is 69.5 cm³/mol. The molecule has 104 valence electrons. The second kappa shape index (κ2) is 6.02. The van der Waals surface area contributed by atoms with Gasteiger partial charge in [-0.25, -0.2) is 8.42 Å². The van der Waals surface area contributed by atoms with Crippen LogP contribution in [0.5, 0.6) is 0 Å². The van der Waals surface area contributed by atoms with Crippen LogP contribution in [0.3, 0.4) is 0 Å². The minimum absolute atomic E-state index is 0.110. The zero-order valence-electron chi connectivity index (χ0n) is 10.7. The number of nitrogens with one attached hydrogen (secondary N) is 2. The van der Waals surface area contributed by atoms with Crippen LogP contribution in [0.1, 0.15) is 38.5 Å². The van der Waals surface area contributed by atoms with Gasteiger partial charge in [0.1, 0.15) is 0 Å². The number of sulfonamides is 1. The van der Waals surface area contributed by atoms with Crippen LogP contribution in [-0.4, -0.2) is 33.2 Å². The van der Waals surface area contributed by atoms with E-state index in [1.54, 1.807) is 0 Å². The van der Waals surface area contributed by atoms with Gasteiger partial charge in [0.25, 0.3) is 0 Å². The number of carbonyl (C=O) groups is 1. The first-order valence-electron chi connectivity index (χ1n) is 6.82. The van der Waals surface area contributed by atoms with Crippen LogP contribution in [0.4, 0.5) is 0 Å². The molecule has 0 unspecified atom stereocenters. The van der Waals surface area contributed by atoms with E-state index in [1.807, 2.05) is 0 Å². The lowest BCUT2D eigenvalue weighted by molar-refractivity contribution is -0.122. The van der Waals surface area contributed by atoms with Crippen LogP contribution in [0, 0.1) is 11.8 Å². The van der Waals surface area contributed by atoms with E-state index in [4.69, 9.17) is 0 Å². The Bertz CT molecular complexity index is 382. The van der Waals surface area contributed by atoms with E-state index in [0.29, 0.717) is 6.54 Å². The van der Waals surface area contributed by atoms with E-state index in [0.717, 1.165) is 38.6 Å². The highest BCUT2D eigenvalue weighted by atomic mass is 32.2. The van der Waals surface area contributed by atoms with Gasteiger partial charge in [0.15, 0.2) is 0 Å². The van der Waals surface area contributed by atoms with E-state index in [2.05, 4.69) is 10.0 Å². The van der Waals surface area contributed by atoms with Crippen LogP contribution < -0.4 is 10.0 Å². The lowest BCUT2D eigenvalue weighted by atomic mass is 9.91. The van der Waals surface area contributed by atoms with Gasteiger partial charge in [-0.05, 0) is 31.7 Å². The molecule has 0 aromatic heterocycles. The smallest absolute Gasteiger partial charge is 0.237 e. The molecule has 1 saturated heterocycles. The Morgan fingerprint density at radius 2 is 1.89 bits per heavy atom. The minimum Gasteiger partial charge on any atom is -0.316 e. The number of rotatable bonds is 4. The molecule has 5 nitrogen and oxygen atoms in total. The Balaban J connectivity index is 1.84. The van der Waals surface area contributed by atoms with Gasteiger partial charge < -0.3 is 5.32 Å². The fraction of sp³-hybridized carbons (Fsp3) is 0.917. The third-order valence-corrected chi connectivity index (χ3v) is 5.29. The van der Waals surface area contributed by atoms with Crippen molar-refractivity contribution in [3.05, 3.63) is 0 Å². The number of carbonyl (C=O) groups excluding carboxylic acids is 1. The first-order chi connectivity index (χ1) is 8.57. The van der Waals surface area contributed by atoms with Crippen molar-refractivity contribution in [2.45, 2.75) is 38.5 Å². The van der Waals surface area contributed by atoms with Crippen LogP contribution in [-0.2, 0) is 14.8 Å². The largest absolute Gasteiger partial charge is 0.316 e. The maximum Gasteiger partial charge on any atom is 0.237 e. The topological polar surface area (TPSA) is 75.3 Å². The minimum atomic E-state index is -3.45. The molecular weight excluding hydrogens is 252 g/mol.